The van der Waals surface area contributed by atoms with E-state index >= 15 is 0 Å². The average molecular weight is 303 g/mol. The van der Waals surface area contributed by atoms with Crippen LogP contribution < -0.4 is 16.0 Å². The van der Waals surface area contributed by atoms with Gasteiger partial charge in [-0.15, -0.1) is 0 Å². The van der Waals surface area contributed by atoms with Crippen molar-refractivity contribution < 1.29 is 9.59 Å². The Kier molecular flexibility index (Phi) is 4.86. The number of benzene rings is 1. The van der Waals surface area contributed by atoms with Gasteiger partial charge in [-0.2, -0.15) is 0 Å². The van der Waals surface area contributed by atoms with Crippen molar-refractivity contribution in [3.8, 4) is 0 Å². The van der Waals surface area contributed by atoms with Crippen LogP contribution in [0.3, 0.4) is 0 Å². The Labute approximate surface area is 131 Å². The highest BCUT2D eigenvalue weighted by molar-refractivity contribution is 5.98. The third-order valence-electron chi connectivity index (χ3n) is 3.81. The zero-order chi connectivity index (χ0) is 16.3. The van der Waals surface area contributed by atoms with Crippen LogP contribution in [0.5, 0.6) is 0 Å². The van der Waals surface area contributed by atoms with Gasteiger partial charge in [0.05, 0.1) is 0 Å². The highest BCUT2D eigenvalue weighted by atomic mass is 16.2. The number of hydrogen-bond donors (Lipinski definition) is 3. The van der Waals surface area contributed by atoms with Crippen molar-refractivity contribution in [3.05, 3.63) is 29.8 Å². The molecule has 0 spiro atoms. The van der Waals surface area contributed by atoms with Crippen LogP contribution >= 0.6 is 0 Å². The molecule has 0 aliphatic carbocycles. The molecule has 1 aromatic rings. The highest BCUT2D eigenvalue weighted by Crippen LogP contribution is 2.19. The molecule has 1 saturated heterocycles. The van der Waals surface area contributed by atoms with Gasteiger partial charge in [0.1, 0.15) is 0 Å². The predicted molar refractivity (Wildman–Crippen MR) is 87.8 cm³/mol. The first kappa shape index (κ1) is 16.5. The Balaban J connectivity index is 2.01. The van der Waals surface area contributed by atoms with Crippen LogP contribution in [0.15, 0.2) is 24.3 Å². The van der Waals surface area contributed by atoms with E-state index in [1.807, 2.05) is 27.7 Å². The van der Waals surface area contributed by atoms with Crippen molar-refractivity contribution in [3.63, 3.8) is 0 Å². The summed E-state index contributed by atoms with van der Waals surface area (Å²) in [6, 6.07) is 7.04. The van der Waals surface area contributed by atoms with Crippen molar-refractivity contribution in [2.75, 3.05) is 18.4 Å². The minimum atomic E-state index is -0.290. The van der Waals surface area contributed by atoms with Crippen LogP contribution in [0.2, 0.25) is 0 Å². The topological polar surface area (TPSA) is 70.2 Å². The lowest BCUT2D eigenvalue weighted by Gasteiger charge is -2.31. The number of rotatable bonds is 4. The molecule has 1 aliphatic rings. The molecule has 0 radical (unpaired) electrons. The lowest BCUT2D eigenvalue weighted by molar-refractivity contribution is -0.121. The van der Waals surface area contributed by atoms with Gasteiger partial charge in [0, 0.05) is 22.7 Å². The van der Waals surface area contributed by atoms with Crippen LogP contribution in [0.25, 0.3) is 0 Å². The van der Waals surface area contributed by atoms with E-state index in [1.165, 1.54) is 0 Å². The molecule has 2 amide bonds. The van der Waals surface area contributed by atoms with Gasteiger partial charge in [0.2, 0.25) is 5.91 Å². The first-order valence-corrected chi connectivity index (χ1v) is 7.70. The molecule has 2 rings (SSSR count). The van der Waals surface area contributed by atoms with Gasteiger partial charge < -0.3 is 16.0 Å². The van der Waals surface area contributed by atoms with E-state index in [-0.39, 0.29) is 23.3 Å². The SMILES string of the molecule is CC(C(=O)Nc1cccc(C(=O)NC(C)(C)C)c1)C1CNC1. The number of anilines is 1. The number of hydrogen-bond acceptors (Lipinski definition) is 3. The number of amides is 2. The highest BCUT2D eigenvalue weighted by Gasteiger charge is 2.28. The second-order valence-corrected chi connectivity index (χ2v) is 6.98. The molecule has 5 heteroatoms. The number of carbonyl (C=O) groups is 2. The molecule has 0 saturated carbocycles. The molecule has 5 nitrogen and oxygen atoms in total. The van der Waals surface area contributed by atoms with Crippen molar-refractivity contribution in [2.24, 2.45) is 11.8 Å². The zero-order valence-corrected chi connectivity index (χ0v) is 13.7. The molecular weight excluding hydrogens is 278 g/mol. The van der Waals surface area contributed by atoms with E-state index in [4.69, 9.17) is 0 Å². The lowest BCUT2D eigenvalue weighted by Crippen LogP contribution is -2.48. The van der Waals surface area contributed by atoms with Gasteiger partial charge in [-0.05, 0) is 58.0 Å². The summed E-state index contributed by atoms with van der Waals surface area (Å²) in [5.74, 6) is 0.223. The van der Waals surface area contributed by atoms with Gasteiger partial charge in [0.25, 0.3) is 5.91 Å². The van der Waals surface area contributed by atoms with E-state index in [2.05, 4.69) is 16.0 Å². The zero-order valence-electron chi connectivity index (χ0n) is 13.7. The van der Waals surface area contributed by atoms with E-state index in [0.717, 1.165) is 13.1 Å². The third kappa shape index (κ3) is 4.31. The second-order valence-electron chi connectivity index (χ2n) is 6.98. The van der Waals surface area contributed by atoms with E-state index in [9.17, 15) is 9.59 Å². The summed E-state index contributed by atoms with van der Waals surface area (Å²) in [6.45, 7) is 9.53. The maximum absolute atomic E-state index is 12.2. The van der Waals surface area contributed by atoms with Crippen molar-refractivity contribution in [1.82, 2.24) is 10.6 Å². The molecule has 120 valence electrons. The van der Waals surface area contributed by atoms with Crippen molar-refractivity contribution in [2.45, 2.75) is 33.2 Å². The van der Waals surface area contributed by atoms with E-state index in [0.29, 0.717) is 17.2 Å². The van der Waals surface area contributed by atoms with Gasteiger partial charge in [-0.1, -0.05) is 13.0 Å². The molecule has 0 bridgehead atoms. The second kappa shape index (κ2) is 6.48. The molecule has 1 aliphatic heterocycles. The molecule has 1 heterocycles. The smallest absolute Gasteiger partial charge is 0.251 e. The fraction of sp³-hybridized carbons (Fsp3) is 0.529. The monoisotopic (exact) mass is 303 g/mol. The molecule has 1 atom stereocenters. The molecule has 1 unspecified atom stereocenters. The normalized spacial score (nSPS) is 16.5. The largest absolute Gasteiger partial charge is 0.347 e. The van der Waals surface area contributed by atoms with Crippen LogP contribution in [0, 0.1) is 11.8 Å². The summed E-state index contributed by atoms with van der Waals surface area (Å²) in [5.41, 5.74) is 0.915. The Morgan fingerprint density at radius 3 is 2.50 bits per heavy atom. The fourth-order valence-corrected chi connectivity index (χ4v) is 2.29. The number of carbonyl (C=O) groups excluding carboxylic acids is 2. The van der Waals surface area contributed by atoms with Crippen LogP contribution in [-0.2, 0) is 4.79 Å². The standard InChI is InChI=1S/C17H25N3O2/c1-11(13-9-18-10-13)15(21)19-14-7-5-6-12(8-14)16(22)20-17(2,3)4/h5-8,11,13,18H,9-10H2,1-4H3,(H,19,21)(H,20,22). The first-order chi connectivity index (χ1) is 10.3. The first-order valence-electron chi connectivity index (χ1n) is 7.70. The van der Waals surface area contributed by atoms with Gasteiger partial charge >= 0.3 is 0 Å². The van der Waals surface area contributed by atoms with Crippen LogP contribution in [0.4, 0.5) is 5.69 Å². The number of nitrogens with one attached hydrogen (secondary N) is 3. The Hall–Kier alpha value is -1.88. The van der Waals surface area contributed by atoms with E-state index in [1.54, 1.807) is 24.3 Å². The maximum Gasteiger partial charge on any atom is 0.251 e. The Bertz CT molecular complexity index is 559. The van der Waals surface area contributed by atoms with Gasteiger partial charge in [-0.3, -0.25) is 9.59 Å². The summed E-state index contributed by atoms with van der Waals surface area (Å²) >= 11 is 0. The predicted octanol–water partition coefficient (Wildman–Crippen LogP) is 2.01. The minimum absolute atomic E-state index is 0.000112. The summed E-state index contributed by atoms with van der Waals surface area (Å²) < 4.78 is 0. The summed E-state index contributed by atoms with van der Waals surface area (Å²) in [4.78, 5) is 24.4. The minimum Gasteiger partial charge on any atom is -0.347 e. The molecule has 0 aromatic heterocycles. The van der Waals surface area contributed by atoms with Crippen LogP contribution in [-0.4, -0.2) is 30.4 Å². The van der Waals surface area contributed by atoms with Gasteiger partial charge in [0.15, 0.2) is 0 Å². The average Bonchev–Trinajstić information content (AvgIpc) is 2.34. The maximum atomic E-state index is 12.2. The summed E-state index contributed by atoms with van der Waals surface area (Å²) in [5, 5.41) is 8.99. The van der Waals surface area contributed by atoms with Gasteiger partial charge in [-0.25, -0.2) is 0 Å². The molecule has 3 N–H and O–H groups in total. The Morgan fingerprint density at radius 1 is 1.27 bits per heavy atom. The summed E-state index contributed by atoms with van der Waals surface area (Å²) in [6.07, 6.45) is 0. The molecular formula is C17H25N3O2. The molecule has 1 aromatic carbocycles. The fourth-order valence-electron chi connectivity index (χ4n) is 2.29. The summed E-state index contributed by atoms with van der Waals surface area (Å²) in [7, 11) is 0. The molecule has 1 fully saturated rings. The Morgan fingerprint density at radius 2 is 1.95 bits per heavy atom. The van der Waals surface area contributed by atoms with Crippen molar-refractivity contribution >= 4 is 17.5 Å². The van der Waals surface area contributed by atoms with E-state index < -0.39 is 0 Å². The lowest BCUT2D eigenvalue weighted by atomic mass is 9.88. The quantitative estimate of drug-likeness (QED) is 0.797. The third-order valence-corrected chi connectivity index (χ3v) is 3.81. The van der Waals surface area contributed by atoms with Crippen LogP contribution in [0.1, 0.15) is 38.1 Å². The van der Waals surface area contributed by atoms with Crippen molar-refractivity contribution in [1.29, 1.82) is 0 Å². The molecule has 22 heavy (non-hydrogen) atoms.